The lowest BCUT2D eigenvalue weighted by molar-refractivity contribution is -0.143. The van der Waals surface area contributed by atoms with Gasteiger partial charge in [-0.15, -0.1) is 0 Å². The number of fused-ring (bicyclic) bond motifs is 1. The van der Waals surface area contributed by atoms with Crippen molar-refractivity contribution in [2.45, 2.75) is 32.6 Å². The first-order chi connectivity index (χ1) is 12.3. The second kappa shape index (κ2) is 6.82. The second-order valence-electron chi connectivity index (χ2n) is 6.24. The summed E-state index contributed by atoms with van der Waals surface area (Å²) in [4.78, 5) is 16.5. The highest BCUT2D eigenvalue weighted by Crippen LogP contribution is 2.33. The van der Waals surface area contributed by atoms with Crippen molar-refractivity contribution < 1.29 is 18.0 Å². The Morgan fingerprint density at radius 2 is 1.96 bits per heavy atom. The monoisotopic (exact) mass is 361 g/mol. The first kappa shape index (κ1) is 18.0. The van der Waals surface area contributed by atoms with Gasteiger partial charge < -0.3 is 9.88 Å². The van der Waals surface area contributed by atoms with Gasteiger partial charge in [-0.3, -0.25) is 4.79 Å². The average molecular weight is 361 g/mol. The molecule has 0 unspecified atom stereocenters. The van der Waals surface area contributed by atoms with Crippen molar-refractivity contribution >= 4 is 16.9 Å². The fourth-order valence-corrected chi connectivity index (χ4v) is 2.96. The van der Waals surface area contributed by atoms with Gasteiger partial charge in [0, 0.05) is 29.7 Å². The number of rotatable bonds is 4. The van der Waals surface area contributed by atoms with Crippen molar-refractivity contribution in [1.82, 2.24) is 14.9 Å². The van der Waals surface area contributed by atoms with Crippen LogP contribution in [0.4, 0.5) is 13.2 Å². The Bertz CT molecular complexity index is 947. The molecule has 0 aliphatic carbocycles. The molecule has 1 aromatic carbocycles. The number of amides is 1. The third-order valence-electron chi connectivity index (χ3n) is 4.17. The number of carbonyl (C=O) groups is 1. The lowest BCUT2D eigenvalue weighted by atomic mass is 10.1. The molecule has 26 heavy (non-hydrogen) atoms. The van der Waals surface area contributed by atoms with E-state index in [0.29, 0.717) is 10.9 Å². The molecule has 0 aliphatic heterocycles. The van der Waals surface area contributed by atoms with E-state index >= 15 is 0 Å². The molecule has 0 saturated heterocycles. The van der Waals surface area contributed by atoms with Crippen molar-refractivity contribution in [2.24, 2.45) is 0 Å². The molecular formula is C19H18F3N3O. The smallest absolute Gasteiger partial charge is 0.348 e. The Balaban J connectivity index is 1.86. The molecule has 0 bridgehead atoms. The summed E-state index contributed by atoms with van der Waals surface area (Å²) in [5, 5.41) is 3.18. The van der Waals surface area contributed by atoms with Crippen LogP contribution in [0.3, 0.4) is 0 Å². The van der Waals surface area contributed by atoms with Gasteiger partial charge >= 0.3 is 6.18 Å². The van der Waals surface area contributed by atoms with Gasteiger partial charge in [-0.05, 0) is 43.7 Å². The van der Waals surface area contributed by atoms with Gasteiger partial charge in [-0.25, -0.2) is 4.98 Å². The molecule has 3 aromatic rings. The number of hydrogen-bond donors (Lipinski definition) is 1. The Morgan fingerprint density at radius 1 is 1.23 bits per heavy atom. The van der Waals surface area contributed by atoms with Gasteiger partial charge in [0.1, 0.15) is 11.3 Å². The van der Waals surface area contributed by atoms with Gasteiger partial charge in [-0.1, -0.05) is 18.2 Å². The van der Waals surface area contributed by atoms with Crippen molar-refractivity contribution in [1.29, 1.82) is 0 Å². The van der Waals surface area contributed by atoms with E-state index in [9.17, 15) is 18.0 Å². The van der Waals surface area contributed by atoms with Gasteiger partial charge in [0.05, 0.1) is 0 Å². The molecule has 2 heterocycles. The largest absolute Gasteiger partial charge is 0.431 e. The van der Waals surface area contributed by atoms with E-state index in [0.717, 1.165) is 16.2 Å². The average Bonchev–Trinajstić information content (AvgIpc) is 2.94. The number of aromatic nitrogens is 2. The van der Waals surface area contributed by atoms with E-state index in [-0.39, 0.29) is 18.1 Å². The van der Waals surface area contributed by atoms with E-state index in [4.69, 9.17) is 0 Å². The third-order valence-corrected chi connectivity index (χ3v) is 4.17. The molecule has 3 rings (SSSR count). The highest BCUT2D eigenvalue weighted by Gasteiger charge is 2.36. The van der Waals surface area contributed by atoms with E-state index in [2.05, 4.69) is 10.3 Å². The molecule has 0 fully saturated rings. The Morgan fingerprint density at radius 3 is 2.65 bits per heavy atom. The number of halogens is 3. The van der Waals surface area contributed by atoms with E-state index in [1.54, 1.807) is 31.2 Å². The number of nitrogens with zero attached hydrogens (tertiary/aromatic N) is 2. The predicted molar refractivity (Wildman–Crippen MR) is 92.8 cm³/mol. The third kappa shape index (κ3) is 3.56. The molecule has 1 atom stereocenters. The summed E-state index contributed by atoms with van der Waals surface area (Å²) in [5.41, 5.74) is 0.784. The van der Waals surface area contributed by atoms with Crippen LogP contribution in [0.2, 0.25) is 0 Å². The molecule has 0 aliphatic rings. The van der Waals surface area contributed by atoms with Crippen LogP contribution >= 0.6 is 0 Å². The zero-order valence-electron chi connectivity index (χ0n) is 14.3. The predicted octanol–water partition coefficient (Wildman–Crippen LogP) is 4.18. The van der Waals surface area contributed by atoms with Crippen molar-refractivity contribution in [2.75, 3.05) is 0 Å². The van der Waals surface area contributed by atoms with Crippen molar-refractivity contribution in [3.63, 3.8) is 0 Å². The molecule has 0 radical (unpaired) electrons. The van der Waals surface area contributed by atoms with Crippen LogP contribution in [0.15, 0.2) is 48.7 Å². The topological polar surface area (TPSA) is 46.9 Å². The number of aryl methyl sites for hydroxylation is 1. The number of pyridine rings is 1. The number of nitrogens with one attached hydrogen (secondary N) is 1. The van der Waals surface area contributed by atoms with Gasteiger partial charge in [-0.2, -0.15) is 13.2 Å². The maximum absolute atomic E-state index is 13.4. The van der Waals surface area contributed by atoms with Crippen molar-refractivity contribution in [3.8, 4) is 0 Å². The summed E-state index contributed by atoms with van der Waals surface area (Å²) < 4.78 is 41.3. The van der Waals surface area contributed by atoms with Crippen LogP contribution in [0, 0.1) is 6.92 Å². The van der Waals surface area contributed by atoms with Gasteiger partial charge in [0.25, 0.3) is 5.91 Å². The molecule has 4 nitrogen and oxygen atoms in total. The van der Waals surface area contributed by atoms with Crippen LogP contribution in [-0.4, -0.2) is 21.5 Å². The second-order valence-corrected chi connectivity index (χ2v) is 6.24. The summed E-state index contributed by atoms with van der Waals surface area (Å²) in [6.45, 7) is 3.45. The minimum atomic E-state index is -4.50. The van der Waals surface area contributed by atoms with E-state index in [1.165, 1.54) is 6.20 Å². The Hall–Kier alpha value is -2.83. The lowest BCUT2D eigenvalue weighted by Gasteiger charge is -2.19. The molecule has 2 aromatic heterocycles. The maximum atomic E-state index is 13.4. The Kier molecular flexibility index (Phi) is 4.71. The van der Waals surface area contributed by atoms with Crippen LogP contribution in [0.1, 0.15) is 28.5 Å². The summed E-state index contributed by atoms with van der Waals surface area (Å²) in [6, 6.07) is 10.8. The number of alkyl halides is 3. The molecule has 136 valence electrons. The SMILES string of the molecule is Cc1ccccc1C(=O)N[C@H](C)Cn1c(C(F)(F)F)cc2cccnc21. The maximum Gasteiger partial charge on any atom is 0.431 e. The quantitative estimate of drug-likeness (QED) is 0.758. The standard InChI is InChI=1S/C19H18F3N3O/c1-12-6-3-4-8-15(12)18(26)24-13(2)11-25-16(19(20,21)22)10-14-7-5-9-23-17(14)25/h3-10,13H,11H2,1-2H3,(H,24,26)/t13-/m1/s1. The zero-order valence-corrected chi connectivity index (χ0v) is 14.3. The summed E-state index contributed by atoms with van der Waals surface area (Å²) in [6.07, 6.45) is -3.05. The van der Waals surface area contributed by atoms with Gasteiger partial charge in [0.15, 0.2) is 0 Å². The number of carbonyl (C=O) groups excluding carboxylic acids is 1. The molecule has 1 amide bonds. The van der Waals surface area contributed by atoms with Gasteiger partial charge in [0.2, 0.25) is 0 Å². The normalized spacial score (nSPS) is 13.0. The molecular weight excluding hydrogens is 343 g/mol. The number of benzene rings is 1. The molecule has 7 heteroatoms. The summed E-state index contributed by atoms with van der Waals surface area (Å²) >= 11 is 0. The molecule has 1 N–H and O–H groups in total. The van der Waals surface area contributed by atoms with E-state index < -0.39 is 17.9 Å². The molecule has 0 spiro atoms. The van der Waals surface area contributed by atoms with E-state index in [1.807, 2.05) is 19.1 Å². The zero-order chi connectivity index (χ0) is 18.9. The highest BCUT2D eigenvalue weighted by molar-refractivity contribution is 5.95. The van der Waals surface area contributed by atoms with Crippen LogP contribution in [0.5, 0.6) is 0 Å². The van der Waals surface area contributed by atoms with Crippen LogP contribution < -0.4 is 5.32 Å². The fraction of sp³-hybridized carbons (Fsp3) is 0.263. The minimum absolute atomic E-state index is 0.0347. The van der Waals surface area contributed by atoms with Crippen LogP contribution in [-0.2, 0) is 12.7 Å². The molecule has 0 saturated carbocycles. The Labute approximate surface area is 148 Å². The van der Waals surface area contributed by atoms with Crippen molar-refractivity contribution in [3.05, 3.63) is 65.5 Å². The lowest BCUT2D eigenvalue weighted by Crippen LogP contribution is -2.36. The first-order valence-corrected chi connectivity index (χ1v) is 8.15. The number of hydrogen-bond acceptors (Lipinski definition) is 2. The minimum Gasteiger partial charge on any atom is -0.348 e. The first-order valence-electron chi connectivity index (χ1n) is 8.15. The summed E-state index contributed by atoms with van der Waals surface area (Å²) in [7, 11) is 0. The fourth-order valence-electron chi connectivity index (χ4n) is 2.96. The highest BCUT2D eigenvalue weighted by atomic mass is 19.4. The van der Waals surface area contributed by atoms with Crippen LogP contribution in [0.25, 0.3) is 11.0 Å². The summed E-state index contributed by atoms with van der Waals surface area (Å²) in [5.74, 6) is -0.312.